The Bertz CT molecular complexity index is 821. The highest BCUT2D eigenvalue weighted by Crippen LogP contribution is 2.35. The van der Waals surface area contributed by atoms with Gasteiger partial charge in [-0.2, -0.15) is 10.3 Å². The zero-order valence-electron chi connectivity index (χ0n) is 12.2. The van der Waals surface area contributed by atoms with E-state index in [1.165, 1.54) is 0 Å². The van der Waals surface area contributed by atoms with Crippen LogP contribution in [-0.4, -0.2) is 40.3 Å². The number of amides is 1. The van der Waals surface area contributed by atoms with Crippen molar-refractivity contribution in [2.24, 2.45) is 0 Å². The number of hydrogen-bond acceptors (Lipinski definition) is 5. The largest absolute Gasteiger partial charge is 0.380 e. The third-order valence-corrected chi connectivity index (χ3v) is 4.36. The highest BCUT2D eigenvalue weighted by atomic mass is 32.1. The van der Waals surface area contributed by atoms with E-state index in [-0.39, 0.29) is 5.91 Å². The molecule has 0 bridgehead atoms. The van der Waals surface area contributed by atoms with Crippen molar-refractivity contribution in [3.63, 3.8) is 0 Å². The number of nitrogens with two attached hydrogens (primary N) is 1. The molecule has 2 aromatic heterocycles. The highest BCUT2D eigenvalue weighted by molar-refractivity contribution is 7.18. The van der Waals surface area contributed by atoms with Crippen LogP contribution in [0.2, 0.25) is 0 Å². The van der Waals surface area contributed by atoms with Crippen LogP contribution in [0.5, 0.6) is 0 Å². The molecule has 0 saturated heterocycles. The normalized spacial score (nSPS) is 10.6. The molecule has 7 heteroatoms. The van der Waals surface area contributed by atoms with Gasteiger partial charge in [0, 0.05) is 24.5 Å². The molecule has 0 unspecified atom stereocenters. The van der Waals surface area contributed by atoms with Gasteiger partial charge in [-0.3, -0.25) is 4.79 Å². The van der Waals surface area contributed by atoms with E-state index in [0.717, 1.165) is 15.3 Å². The fraction of sp³-hybridized carbons (Fsp3) is 0.133. The van der Waals surface area contributed by atoms with Gasteiger partial charge < -0.3 is 10.6 Å². The second kappa shape index (κ2) is 5.61. The maximum atomic E-state index is 12.1. The predicted octanol–water partition coefficient (Wildman–Crippen LogP) is 2.48. The van der Waals surface area contributed by atoms with Crippen molar-refractivity contribution in [1.29, 1.82) is 0 Å². The van der Waals surface area contributed by atoms with Crippen LogP contribution < -0.4 is 5.73 Å². The number of nitrogens with zero attached hydrogens (tertiary/aromatic N) is 3. The topological polar surface area (TPSA) is 87.9 Å². The molecule has 0 fully saturated rings. The number of carbonyl (C=O) groups is 1. The summed E-state index contributed by atoms with van der Waals surface area (Å²) in [6.45, 7) is 0. The van der Waals surface area contributed by atoms with Crippen LogP contribution in [-0.2, 0) is 0 Å². The SMILES string of the molecule is CN(C)C(=O)c1cccc(-c2ccc(-c3n[nH]nc3N)s2)c1. The Labute approximate surface area is 131 Å². The van der Waals surface area contributed by atoms with Gasteiger partial charge in [-0.25, -0.2) is 0 Å². The number of nitrogens with one attached hydrogen (secondary N) is 1. The molecule has 1 amide bonds. The molecule has 0 aliphatic carbocycles. The van der Waals surface area contributed by atoms with E-state index < -0.39 is 0 Å². The monoisotopic (exact) mass is 313 g/mol. The number of benzene rings is 1. The molecule has 22 heavy (non-hydrogen) atoms. The lowest BCUT2D eigenvalue weighted by molar-refractivity contribution is 0.0827. The Hall–Kier alpha value is -2.67. The van der Waals surface area contributed by atoms with Crippen molar-refractivity contribution in [3.05, 3.63) is 42.0 Å². The Kier molecular flexibility index (Phi) is 3.64. The first kappa shape index (κ1) is 14.3. The quantitative estimate of drug-likeness (QED) is 0.777. The van der Waals surface area contributed by atoms with Gasteiger partial charge in [0.1, 0.15) is 5.69 Å². The minimum atomic E-state index is -0.0145. The van der Waals surface area contributed by atoms with Crippen LogP contribution in [0.4, 0.5) is 5.82 Å². The maximum Gasteiger partial charge on any atom is 0.253 e. The average molecular weight is 313 g/mol. The van der Waals surface area contributed by atoms with Crippen molar-refractivity contribution >= 4 is 23.1 Å². The van der Waals surface area contributed by atoms with Crippen molar-refractivity contribution in [3.8, 4) is 21.0 Å². The molecule has 0 saturated carbocycles. The van der Waals surface area contributed by atoms with Crippen LogP contribution in [0.3, 0.4) is 0 Å². The summed E-state index contributed by atoms with van der Waals surface area (Å²) in [5.41, 5.74) is 8.08. The van der Waals surface area contributed by atoms with Crippen molar-refractivity contribution < 1.29 is 4.79 Å². The van der Waals surface area contributed by atoms with Gasteiger partial charge in [-0.15, -0.1) is 16.4 Å². The van der Waals surface area contributed by atoms with Crippen LogP contribution in [0.15, 0.2) is 36.4 Å². The minimum absolute atomic E-state index is 0.0145. The molecule has 3 aromatic rings. The molecule has 3 N–H and O–H groups in total. The summed E-state index contributed by atoms with van der Waals surface area (Å²) < 4.78 is 0. The number of carbonyl (C=O) groups excluding carboxylic acids is 1. The third kappa shape index (κ3) is 2.58. The molecular formula is C15H15N5OS. The van der Waals surface area contributed by atoms with Crippen molar-refractivity contribution in [2.75, 3.05) is 19.8 Å². The lowest BCUT2D eigenvalue weighted by Crippen LogP contribution is -2.21. The Morgan fingerprint density at radius 3 is 2.64 bits per heavy atom. The number of H-pyrrole nitrogens is 1. The fourth-order valence-electron chi connectivity index (χ4n) is 2.10. The van der Waals surface area contributed by atoms with E-state index >= 15 is 0 Å². The summed E-state index contributed by atoms with van der Waals surface area (Å²) in [6.07, 6.45) is 0. The molecule has 1 aromatic carbocycles. The van der Waals surface area contributed by atoms with E-state index in [1.807, 2.05) is 36.4 Å². The lowest BCUT2D eigenvalue weighted by Gasteiger charge is -2.10. The molecule has 6 nitrogen and oxygen atoms in total. The summed E-state index contributed by atoms with van der Waals surface area (Å²) in [4.78, 5) is 15.6. The van der Waals surface area contributed by atoms with Gasteiger partial charge in [0.25, 0.3) is 5.91 Å². The Morgan fingerprint density at radius 2 is 1.95 bits per heavy atom. The zero-order chi connectivity index (χ0) is 15.7. The van der Waals surface area contributed by atoms with E-state index in [0.29, 0.717) is 17.1 Å². The van der Waals surface area contributed by atoms with E-state index in [1.54, 1.807) is 30.3 Å². The predicted molar refractivity (Wildman–Crippen MR) is 87.6 cm³/mol. The zero-order valence-corrected chi connectivity index (χ0v) is 13.0. The second-order valence-electron chi connectivity index (χ2n) is 5.00. The third-order valence-electron chi connectivity index (χ3n) is 3.21. The second-order valence-corrected chi connectivity index (χ2v) is 6.09. The summed E-state index contributed by atoms with van der Waals surface area (Å²) in [5.74, 6) is 0.365. The van der Waals surface area contributed by atoms with Crippen molar-refractivity contribution in [2.45, 2.75) is 0 Å². The molecule has 0 aliphatic rings. The van der Waals surface area contributed by atoms with Crippen LogP contribution in [0.1, 0.15) is 10.4 Å². The Morgan fingerprint density at radius 1 is 1.18 bits per heavy atom. The first-order chi connectivity index (χ1) is 10.6. The van der Waals surface area contributed by atoms with Gasteiger partial charge >= 0.3 is 0 Å². The number of hydrogen-bond donors (Lipinski definition) is 2. The van der Waals surface area contributed by atoms with E-state index in [4.69, 9.17) is 5.73 Å². The standard InChI is InChI=1S/C15H15N5OS/c1-20(2)15(21)10-5-3-4-9(8-10)11-6-7-12(22-11)13-14(16)18-19-17-13/h3-8H,1-2H3,(H3,16,17,18,19). The van der Waals surface area contributed by atoms with E-state index in [2.05, 4.69) is 15.4 Å². The first-order valence-electron chi connectivity index (χ1n) is 6.65. The van der Waals surface area contributed by atoms with Crippen LogP contribution in [0.25, 0.3) is 21.0 Å². The number of nitrogen functional groups attached to an aromatic ring is 1. The molecular weight excluding hydrogens is 298 g/mol. The number of rotatable bonds is 3. The van der Waals surface area contributed by atoms with Crippen LogP contribution in [0, 0.1) is 0 Å². The molecule has 0 radical (unpaired) electrons. The lowest BCUT2D eigenvalue weighted by atomic mass is 10.1. The number of anilines is 1. The summed E-state index contributed by atoms with van der Waals surface area (Å²) in [7, 11) is 3.48. The first-order valence-corrected chi connectivity index (χ1v) is 7.46. The summed E-state index contributed by atoms with van der Waals surface area (Å²) in [6, 6.07) is 11.5. The van der Waals surface area contributed by atoms with Gasteiger partial charge in [0.05, 0.1) is 4.88 Å². The molecule has 0 aliphatic heterocycles. The number of aromatic nitrogens is 3. The minimum Gasteiger partial charge on any atom is -0.380 e. The molecule has 3 rings (SSSR count). The summed E-state index contributed by atoms with van der Waals surface area (Å²) >= 11 is 1.56. The maximum absolute atomic E-state index is 12.1. The molecule has 0 atom stereocenters. The number of thiophene rings is 1. The molecule has 0 spiro atoms. The average Bonchev–Trinajstić information content (AvgIpc) is 3.15. The highest BCUT2D eigenvalue weighted by Gasteiger charge is 2.13. The van der Waals surface area contributed by atoms with Gasteiger partial charge in [-0.1, -0.05) is 12.1 Å². The van der Waals surface area contributed by atoms with Gasteiger partial charge in [0.15, 0.2) is 5.82 Å². The Balaban J connectivity index is 1.96. The smallest absolute Gasteiger partial charge is 0.253 e. The van der Waals surface area contributed by atoms with Gasteiger partial charge in [0.2, 0.25) is 0 Å². The number of aromatic amines is 1. The molecule has 112 valence electrons. The molecule has 2 heterocycles. The van der Waals surface area contributed by atoms with Crippen molar-refractivity contribution in [1.82, 2.24) is 20.3 Å². The van der Waals surface area contributed by atoms with E-state index in [9.17, 15) is 4.79 Å². The van der Waals surface area contributed by atoms with Gasteiger partial charge in [-0.05, 0) is 29.8 Å². The fourth-order valence-corrected chi connectivity index (χ4v) is 3.11. The van der Waals surface area contributed by atoms with Crippen LogP contribution >= 0.6 is 11.3 Å². The summed E-state index contributed by atoms with van der Waals surface area (Å²) in [5, 5.41) is 10.4.